The van der Waals surface area contributed by atoms with Crippen LogP contribution in [-0.2, 0) is 38.0 Å². The van der Waals surface area contributed by atoms with Gasteiger partial charge in [-0.15, -0.1) is 16.4 Å². The topological polar surface area (TPSA) is 523 Å². The molecule has 12 N–H and O–H groups in total. The number of carboxylic acid groups (broad SMARTS) is 1. The maximum atomic E-state index is 11.2. The summed E-state index contributed by atoms with van der Waals surface area (Å²) in [5.41, 5.74) is 7.12. The van der Waals surface area contributed by atoms with Gasteiger partial charge in [-0.2, -0.15) is 36.2 Å². The Kier molecular flexibility index (Phi) is 40.0. The number of aryl methyl sites for hydroxylation is 3. The number of thiocarbonyl (C=S) groups is 1. The van der Waals surface area contributed by atoms with Gasteiger partial charge in [0.1, 0.15) is 31.0 Å². The summed E-state index contributed by atoms with van der Waals surface area (Å²) in [6, 6.07) is 35.5. The number of carbonyl (C=O) groups is 2. The van der Waals surface area contributed by atoms with E-state index in [0.717, 1.165) is 52.8 Å². The number of hydrazone groups is 1. The number of fused-ring (bicyclic) bond motifs is 1. The third-order valence-electron chi connectivity index (χ3n) is 11.9. The van der Waals surface area contributed by atoms with Gasteiger partial charge in [0, 0.05) is 37.5 Å². The monoisotopic (exact) mass is 1740 g/mol. The average Bonchev–Trinajstić information content (AvgIpc) is 1.82. The smallest absolute Gasteiger partial charge is 0.744 e. The number of hydrogen-bond acceptors (Lipinski definition) is 33. The number of thiazole rings is 1. The summed E-state index contributed by atoms with van der Waals surface area (Å²) in [6.07, 6.45) is 5.34. The molecule has 9 heterocycles. The van der Waals surface area contributed by atoms with Gasteiger partial charge in [0.05, 0.1) is 50.0 Å². The number of carboxylic acids is 1. The number of para-hydroxylation sites is 2. The third-order valence-corrected chi connectivity index (χ3v) is 18.7. The molecule has 14 rings (SSSR count). The van der Waals surface area contributed by atoms with E-state index in [0.29, 0.717) is 37.3 Å². The van der Waals surface area contributed by atoms with Gasteiger partial charge in [0.25, 0.3) is 4.84 Å². The summed E-state index contributed by atoms with van der Waals surface area (Å²) < 4.78 is 82.2. The molecule has 2 amide bonds. The predicted octanol–water partition coefficient (Wildman–Crippen LogP) is 4.06. The normalized spacial score (nSPS) is 10.7. The number of nitrogens with zero attached hydrogens (tertiary/aromatic N) is 17. The molecule has 1 aliphatic rings. The van der Waals surface area contributed by atoms with Crippen LogP contribution in [0.4, 0.5) is 10.5 Å². The number of anilines is 1. The van der Waals surface area contributed by atoms with Crippen molar-refractivity contribution in [3.63, 3.8) is 0 Å². The first kappa shape index (κ1) is 91.7. The van der Waals surface area contributed by atoms with Crippen LogP contribution in [0.25, 0.3) is 33.0 Å². The summed E-state index contributed by atoms with van der Waals surface area (Å²) in [5.74, 6) is 0.660. The molecule has 54 heteroatoms. The van der Waals surface area contributed by atoms with E-state index >= 15 is 0 Å². The number of urea groups is 1. The summed E-state index contributed by atoms with van der Waals surface area (Å²) in [6.45, 7) is 4.15. The molecule has 0 bridgehead atoms. The van der Waals surface area contributed by atoms with Crippen LogP contribution in [-0.4, -0.2) is 189 Å². The summed E-state index contributed by atoms with van der Waals surface area (Å²) in [7, 11) is -7.36. The van der Waals surface area contributed by atoms with Crippen molar-refractivity contribution in [1.29, 1.82) is 0 Å². The van der Waals surface area contributed by atoms with Crippen molar-refractivity contribution >= 4 is 204 Å². The van der Waals surface area contributed by atoms with E-state index in [2.05, 4.69) is 149 Å². The Balaban J connectivity index is 0.000000258. The molecule has 0 fully saturated rings. The van der Waals surface area contributed by atoms with Crippen molar-refractivity contribution in [3.05, 3.63) is 176 Å². The van der Waals surface area contributed by atoms with Crippen LogP contribution in [0.5, 0.6) is 0 Å². The minimum atomic E-state index is -4.48. The van der Waals surface area contributed by atoms with Crippen LogP contribution in [0.15, 0.2) is 151 Å². The van der Waals surface area contributed by atoms with Crippen molar-refractivity contribution in [3.8, 4) is 22.7 Å². The molecule has 0 aliphatic carbocycles. The molecule has 5 aromatic carbocycles. The van der Waals surface area contributed by atoms with E-state index < -0.39 is 26.2 Å². The van der Waals surface area contributed by atoms with E-state index in [9.17, 15) is 35.5 Å². The van der Waals surface area contributed by atoms with Gasteiger partial charge in [-0.3, -0.25) is 25.0 Å². The van der Waals surface area contributed by atoms with Crippen LogP contribution in [0, 0.1) is 43.5 Å². The number of nitrogens with one attached hydrogen (secondary N) is 11. The number of carbonyl (C=O) groups excluding carboxylic acids is 1. The summed E-state index contributed by atoms with van der Waals surface area (Å²) in [4.78, 5) is 24.9. The summed E-state index contributed by atoms with van der Waals surface area (Å²) in [5, 5.41) is 74.9. The van der Waals surface area contributed by atoms with Crippen LogP contribution in [0.2, 0.25) is 0 Å². The van der Waals surface area contributed by atoms with Crippen molar-refractivity contribution in [2.75, 3.05) is 18.6 Å². The Morgan fingerprint density at radius 1 is 0.636 bits per heavy atom. The number of hydrogen-bond donors (Lipinski definition) is 12. The molecule has 0 spiro atoms. The Bertz CT molecular complexity index is 5660. The van der Waals surface area contributed by atoms with Crippen LogP contribution in [0.3, 0.4) is 0 Å². The zero-order valence-electron chi connectivity index (χ0n) is 56.0. The van der Waals surface area contributed by atoms with Crippen LogP contribution < -0.4 is 75.2 Å². The number of benzene rings is 5. The van der Waals surface area contributed by atoms with Gasteiger partial charge in [-0.05, 0) is 196 Å². The molecule has 0 unspecified atom stereocenters. The molecule has 0 atom stereocenters. The van der Waals surface area contributed by atoms with Crippen molar-refractivity contribution in [2.24, 2.45) is 5.10 Å². The van der Waals surface area contributed by atoms with E-state index in [4.69, 9.17) is 95.0 Å². The minimum Gasteiger partial charge on any atom is -0.744 e. The number of thioether (sulfide) groups is 1. The Morgan fingerprint density at radius 3 is 1.63 bits per heavy atom. The molecular formula is C53H54N28Na2O10S14. The number of tetrazole rings is 4. The molecule has 13 aromatic rings. The first-order valence-electron chi connectivity index (χ1n) is 28.7. The average molecular weight is 1740 g/mol. The van der Waals surface area contributed by atoms with E-state index in [1.54, 1.807) is 60.6 Å². The maximum absolute atomic E-state index is 11.2. The largest absolute Gasteiger partial charge is 1.00 e. The number of aromatic nitrogens is 24. The number of rotatable bonds is 12. The first-order valence-corrected chi connectivity index (χ1v) is 38.0. The molecule has 0 saturated carbocycles. The molecule has 107 heavy (non-hydrogen) atoms. The number of aliphatic carboxylic acids is 1. The Labute approximate surface area is 707 Å². The number of aromatic amines is 8. The zero-order chi connectivity index (χ0) is 76.6. The maximum Gasteiger partial charge on any atom is 1.00 e. The molecule has 0 saturated heterocycles. The van der Waals surface area contributed by atoms with E-state index in [1.165, 1.54) is 77.2 Å². The summed E-state index contributed by atoms with van der Waals surface area (Å²) >= 11 is 48.2. The fraction of sp³-hybridized carbons (Fsp3) is 0.151. The van der Waals surface area contributed by atoms with E-state index in [1.807, 2.05) is 79.3 Å². The van der Waals surface area contributed by atoms with Gasteiger partial charge in [0.15, 0.2) is 17.0 Å². The second-order valence-electron chi connectivity index (χ2n) is 19.0. The first-order chi connectivity index (χ1) is 50.1. The van der Waals surface area contributed by atoms with E-state index in [-0.39, 0.29) is 102 Å². The van der Waals surface area contributed by atoms with Crippen molar-refractivity contribution in [2.45, 2.75) is 53.8 Å². The van der Waals surface area contributed by atoms with Crippen molar-refractivity contribution in [1.82, 2.24) is 132 Å². The zero-order valence-corrected chi connectivity index (χ0v) is 71.4. The van der Waals surface area contributed by atoms with Gasteiger partial charge < -0.3 is 34.2 Å². The van der Waals surface area contributed by atoms with Crippen LogP contribution >= 0.6 is 144 Å². The van der Waals surface area contributed by atoms with Gasteiger partial charge in [-0.1, -0.05) is 126 Å². The fourth-order valence-corrected chi connectivity index (χ4v) is 12.2. The predicted molar refractivity (Wildman–Crippen MR) is 411 cm³/mol. The molecule has 1 aliphatic heterocycles. The second-order valence-corrected chi connectivity index (χ2v) is 28.9. The van der Waals surface area contributed by atoms with Gasteiger partial charge >= 0.3 is 71.1 Å². The molecule has 0 radical (unpaired) electrons. The van der Waals surface area contributed by atoms with Gasteiger partial charge in [-0.25, -0.2) is 45.5 Å². The molecular weight excluding hydrogens is 1680 g/mol. The minimum absolute atomic E-state index is 0. The van der Waals surface area contributed by atoms with Gasteiger partial charge in [0.2, 0.25) is 25.0 Å². The SMILES string of the molecule is CCc1n[nH]c(=S)o1.CNC(=O)Nc1cccc(-n2[nH]nnc2=S)c1.CSc1n[nH]c(=S)s1.Cc1n[nH]c(=S)n1-c1ccccc1.O=C(O)CCn1[nH]nnc1=S.O=S(=O)([O-])c1ccc(-n2[nH]nnc2=S)cc1.O=S(=O)([O-])c1cccc(-n2[nH]nnc2=S)c1.S=C1CC=NN1.S=c1[nH]c2ccccc2s1.[Na+].[Na+]. The fourth-order valence-electron chi connectivity index (χ4n) is 7.28. The molecule has 38 nitrogen and oxygen atoms in total. The molecule has 552 valence electrons. The Hall–Kier alpha value is -7.66. The number of amides is 2. The second kappa shape index (κ2) is 46.6. The van der Waals surface area contributed by atoms with Crippen LogP contribution in [0.1, 0.15) is 31.5 Å². The molecule has 8 aromatic heterocycles. The van der Waals surface area contributed by atoms with Crippen molar-refractivity contribution < 1.29 is 104 Å². The Morgan fingerprint density at radius 2 is 1.20 bits per heavy atom. The quantitative estimate of drug-likeness (QED) is 0.0355. The standard InChI is InChI=1S/C9H10N6OS.C9H9N3S.2C7H6N4O3S2.C7H5NS2.C4H6N4O2S.C4H6N2OS.C3H4N2S3.C3H4N2S.2Na/c1-10-8(16)11-6-3-2-4-7(5-6)15-9(17)12-13-14-15;1-7-10-11-9(13)12(7)8-5-3-2-4-6-8;12-16(13,14)6-3-1-5(2-4-6)11-7(15)8-9-10-11;12-16(13,14)6-3-1-2-5(4-6)11-7(15)8-9-10-11;9-7-8-5-3-1-2-4-6(5)10-7;9-3(10)1-2-8-4(11)5-6-7-8;1-2-3-5-6-4(8)7-3;1-7-3-5-4-2(6)8-3;6-3-1-2-4-5-3;;/h2-5H,1H3,(H2,10,11,16)(H,12,14,17);2-6H,1H3,(H,11,13);2*1-4H,(H,8,10,15)(H,12,13,14);1-4H,(H,8,9);1-2H2,(H,9,10)(H,5,7,11);2H2,1H3,(H,6,8);1H3,(H,4,6);2H,1H2,(H,5,6);;/q;;;;;;;;;2*+1/p-2. The third kappa shape index (κ3) is 31.5. The number of H-pyrrole nitrogens is 8.